The summed E-state index contributed by atoms with van der Waals surface area (Å²) in [6.45, 7) is 6.71. The van der Waals surface area contributed by atoms with Crippen LogP contribution in [0.15, 0.2) is 24.3 Å². The number of rotatable bonds is 9. The zero-order valence-corrected chi connectivity index (χ0v) is 16.2. The second-order valence-electron chi connectivity index (χ2n) is 6.38. The summed E-state index contributed by atoms with van der Waals surface area (Å²) in [5, 5.41) is 0.710. The highest BCUT2D eigenvalue weighted by Crippen LogP contribution is 2.17. The number of halogens is 1. The smallest absolute Gasteiger partial charge is 0.410 e. The maximum absolute atomic E-state index is 12.4. The van der Waals surface area contributed by atoms with Crippen LogP contribution in [0.4, 0.5) is 4.79 Å². The summed E-state index contributed by atoms with van der Waals surface area (Å²) in [6, 6.07) is 7.65. The van der Waals surface area contributed by atoms with E-state index in [2.05, 4.69) is 0 Å². The van der Waals surface area contributed by atoms with Crippen LogP contribution in [0.25, 0.3) is 0 Å². The molecule has 1 amide bonds. The average Bonchev–Trinajstić information content (AvgIpc) is 2.49. The molecule has 0 aliphatic heterocycles. The minimum Gasteiger partial charge on any atom is -0.444 e. The molecule has 1 aromatic carbocycles. The number of benzene rings is 1. The van der Waals surface area contributed by atoms with Crippen molar-refractivity contribution >= 4 is 35.7 Å². The van der Waals surface area contributed by atoms with E-state index in [0.29, 0.717) is 31.0 Å². The van der Waals surface area contributed by atoms with Gasteiger partial charge in [0.05, 0.1) is 0 Å². The van der Waals surface area contributed by atoms with Gasteiger partial charge in [0.15, 0.2) is 0 Å². The first-order valence-electron chi connectivity index (χ1n) is 8.06. The molecule has 6 heteroatoms. The SMILES string of the molecule is CC(C)(C)OC(=O)N(CCSCCC=O)CCc1ccccc1Cl. The van der Waals surface area contributed by atoms with E-state index in [4.69, 9.17) is 16.3 Å². The van der Waals surface area contributed by atoms with Gasteiger partial charge in [-0.2, -0.15) is 11.8 Å². The molecule has 0 radical (unpaired) electrons. The predicted molar refractivity (Wildman–Crippen MR) is 101 cm³/mol. The first-order chi connectivity index (χ1) is 11.3. The molecule has 4 nitrogen and oxygen atoms in total. The monoisotopic (exact) mass is 371 g/mol. The zero-order valence-electron chi connectivity index (χ0n) is 14.6. The standard InChI is InChI=1S/C18H26ClNO3S/c1-18(2,3)23-17(22)20(11-14-24-13-6-12-21)10-9-15-7-4-5-8-16(15)19/h4-5,7-8,12H,6,9-11,13-14H2,1-3H3. The van der Waals surface area contributed by atoms with Crippen molar-refractivity contribution in [2.24, 2.45) is 0 Å². The van der Waals surface area contributed by atoms with Crippen LogP contribution in [0.2, 0.25) is 5.02 Å². The molecular formula is C18H26ClNO3S. The summed E-state index contributed by atoms with van der Waals surface area (Å²) >= 11 is 7.84. The van der Waals surface area contributed by atoms with E-state index < -0.39 is 5.60 Å². The van der Waals surface area contributed by atoms with E-state index in [1.54, 1.807) is 16.7 Å². The molecule has 0 bridgehead atoms. The number of carbonyl (C=O) groups is 2. The van der Waals surface area contributed by atoms with Crippen molar-refractivity contribution in [3.8, 4) is 0 Å². The van der Waals surface area contributed by atoms with E-state index >= 15 is 0 Å². The van der Waals surface area contributed by atoms with Crippen LogP contribution in [0, 0.1) is 0 Å². The highest BCUT2D eigenvalue weighted by atomic mass is 35.5. The minimum atomic E-state index is -0.523. The quantitative estimate of drug-likeness (QED) is 0.475. The van der Waals surface area contributed by atoms with E-state index in [1.807, 2.05) is 45.0 Å². The molecule has 134 valence electrons. The van der Waals surface area contributed by atoms with Crippen molar-refractivity contribution < 1.29 is 14.3 Å². The molecule has 0 heterocycles. The van der Waals surface area contributed by atoms with Crippen molar-refractivity contribution in [3.05, 3.63) is 34.9 Å². The number of amides is 1. The highest BCUT2D eigenvalue weighted by Gasteiger charge is 2.22. The number of ether oxygens (including phenoxy) is 1. The first kappa shape index (κ1) is 20.8. The molecule has 1 aromatic rings. The summed E-state index contributed by atoms with van der Waals surface area (Å²) in [5.41, 5.74) is 0.492. The topological polar surface area (TPSA) is 46.6 Å². The Labute approximate surface area is 153 Å². The van der Waals surface area contributed by atoms with E-state index in [1.165, 1.54) is 0 Å². The van der Waals surface area contributed by atoms with E-state index in [-0.39, 0.29) is 6.09 Å². The van der Waals surface area contributed by atoms with Gasteiger partial charge in [-0.1, -0.05) is 29.8 Å². The van der Waals surface area contributed by atoms with Gasteiger partial charge < -0.3 is 14.4 Å². The van der Waals surface area contributed by atoms with Crippen LogP contribution in [0.3, 0.4) is 0 Å². The van der Waals surface area contributed by atoms with Crippen LogP contribution < -0.4 is 0 Å². The number of hydrogen-bond acceptors (Lipinski definition) is 4. The van der Waals surface area contributed by atoms with E-state index in [9.17, 15) is 9.59 Å². The molecule has 0 aromatic heterocycles. The molecule has 1 rings (SSSR count). The number of carbonyl (C=O) groups excluding carboxylic acids is 2. The van der Waals surface area contributed by atoms with Gasteiger partial charge in [-0.3, -0.25) is 0 Å². The number of hydrogen-bond donors (Lipinski definition) is 0. The first-order valence-corrected chi connectivity index (χ1v) is 9.59. The molecule has 0 aliphatic carbocycles. The Morgan fingerprint density at radius 3 is 2.58 bits per heavy atom. The maximum Gasteiger partial charge on any atom is 0.410 e. The Bertz CT molecular complexity index is 531. The predicted octanol–water partition coefficient (Wildman–Crippen LogP) is 4.44. The largest absolute Gasteiger partial charge is 0.444 e. The van der Waals surface area contributed by atoms with Gasteiger partial charge in [0.2, 0.25) is 0 Å². The Hall–Kier alpha value is -1.20. The number of thioether (sulfide) groups is 1. The summed E-state index contributed by atoms with van der Waals surface area (Å²) < 4.78 is 5.49. The summed E-state index contributed by atoms with van der Waals surface area (Å²) in [4.78, 5) is 24.4. The normalized spacial score (nSPS) is 11.2. The van der Waals surface area contributed by atoms with Crippen LogP contribution in [0.1, 0.15) is 32.8 Å². The lowest BCUT2D eigenvalue weighted by atomic mass is 10.1. The Balaban J connectivity index is 2.60. The number of nitrogens with zero attached hydrogens (tertiary/aromatic N) is 1. The van der Waals surface area contributed by atoms with Crippen molar-refractivity contribution in [1.29, 1.82) is 0 Å². The summed E-state index contributed by atoms with van der Waals surface area (Å²) in [7, 11) is 0. The van der Waals surface area contributed by atoms with Crippen molar-refractivity contribution in [1.82, 2.24) is 4.90 Å². The molecular weight excluding hydrogens is 346 g/mol. The second kappa shape index (κ2) is 10.6. The lowest BCUT2D eigenvalue weighted by Gasteiger charge is -2.27. The average molecular weight is 372 g/mol. The van der Waals surface area contributed by atoms with Gasteiger partial charge in [-0.25, -0.2) is 4.79 Å². The molecule has 0 unspecified atom stereocenters. The third-order valence-electron chi connectivity index (χ3n) is 3.15. The molecule has 0 atom stereocenters. The fraction of sp³-hybridized carbons (Fsp3) is 0.556. The van der Waals surface area contributed by atoms with Crippen molar-refractivity contribution in [2.75, 3.05) is 24.6 Å². The maximum atomic E-state index is 12.4. The Morgan fingerprint density at radius 2 is 1.96 bits per heavy atom. The lowest BCUT2D eigenvalue weighted by molar-refractivity contribution is -0.107. The van der Waals surface area contributed by atoms with Crippen LogP contribution >= 0.6 is 23.4 Å². The summed E-state index contributed by atoms with van der Waals surface area (Å²) in [5.74, 6) is 1.55. The number of aldehydes is 1. The van der Waals surface area contributed by atoms with Gasteiger partial charge in [-0.15, -0.1) is 0 Å². The van der Waals surface area contributed by atoms with Crippen LogP contribution in [0.5, 0.6) is 0 Å². The van der Waals surface area contributed by atoms with Crippen LogP contribution in [-0.4, -0.2) is 47.5 Å². The fourth-order valence-corrected chi connectivity index (χ4v) is 3.03. The molecule has 0 N–H and O–H groups in total. The fourth-order valence-electron chi connectivity index (χ4n) is 1.99. The van der Waals surface area contributed by atoms with E-state index in [0.717, 1.165) is 23.4 Å². The third kappa shape index (κ3) is 8.60. The molecule has 0 saturated carbocycles. The minimum absolute atomic E-state index is 0.314. The van der Waals surface area contributed by atoms with Gasteiger partial charge in [0, 0.05) is 30.3 Å². The molecule has 0 spiro atoms. The molecule has 0 aliphatic rings. The van der Waals surface area contributed by atoms with Gasteiger partial charge in [-0.05, 0) is 44.6 Å². The van der Waals surface area contributed by atoms with Gasteiger partial charge >= 0.3 is 6.09 Å². The van der Waals surface area contributed by atoms with Crippen LogP contribution in [-0.2, 0) is 16.0 Å². The highest BCUT2D eigenvalue weighted by molar-refractivity contribution is 7.99. The van der Waals surface area contributed by atoms with Crippen molar-refractivity contribution in [2.45, 2.75) is 39.2 Å². The molecule has 0 fully saturated rings. The zero-order chi connectivity index (χ0) is 18.0. The Morgan fingerprint density at radius 1 is 1.25 bits per heavy atom. The second-order valence-corrected chi connectivity index (χ2v) is 8.01. The molecule has 24 heavy (non-hydrogen) atoms. The Kier molecular flexibility index (Phi) is 9.22. The van der Waals surface area contributed by atoms with Gasteiger partial charge in [0.25, 0.3) is 0 Å². The lowest BCUT2D eigenvalue weighted by Crippen LogP contribution is -2.39. The van der Waals surface area contributed by atoms with Gasteiger partial charge in [0.1, 0.15) is 11.9 Å². The third-order valence-corrected chi connectivity index (χ3v) is 4.51. The molecule has 0 saturated heterocycles. The summed E-state index contributed by atoms with van der Waals surface area (Å²) in [6.07, 6.45) is 1.82. The van der Waals surface area contributed by atoms with Crippen molar-refractivity contribution in [3.63, 3.8) is 0 Å².